The molecule has 0 aromatic rings. The highest BCUT2D eigenvalue weighted by Crippen LogP contribution is 2.23. The van der Waals surface area contributed by atoms with E-state index >= 15 is 0 Å². The Morgan fingerprint density at radius 1 is 1.53 bits per heavy atom. The van der Waals surface area contributed by atoms with Crippen molar-refractivity contribution in [2.24, 2.45) is 11.8 Å². The lowest BCUT2D eigenvalue weighted by Crippen LogP contribution is -2.35. The third-order valence-electron chi connectivity index (χ3n) is 2.98. The number of hydrogen-bond acceptors (Lipinski definition) is 3. The summed E-state index contributed by atoms with van der Waals surface area (Å²) in [5.74, 6) is 1.26. The van der Waals surface area contributed by atoms with Gasteiger partial charge >= 0.3 is 0 Å². The quantitative estimate of drug-likeness (QED) is 0.717. The van der Waals surface area contributed by atoms with Crippen molar-refractivity contribution in [2.75, 3.05) is 39.9 Å². The van der Waals surface area contributed by atoms with Crippen LogP contribution < -0.4 is 5.32 Å². The van der Waals surface area contributed by atoms with E-state index < -0.39 is 0 Å². The second-order valence-electron chi connectivity index (χ2n) is 4.23. The van der Waals surface area contributed by atoms with Crippen LogP contribution in [0, 0.1) is 11.8 Å². The van der Waals surface area contributed by atoms with E-state index in [0.29, 0.717) is 18.4 Å². The summed E-state index contributed by atoms with van der Waals surface area (Å²) in [6.07, 6.45) is 0. The molecule has 88 valence electrons. The fraction of sp³-hybridized carbons (Fsp3) is 0.909. The number of likely N-dealkylation sites (N-methyl/N-ethyl adjacent to an activating group) is 1. The van der Waals surface area contributed by atoms with Crippen LogP contribution in [0.25, 0.3) is 0 Å². The van der Waals surface area contributed by atoms with Crippen LogP contribution >= 0.6 is 0 Å². The van der Waals surface area contributed by atoms with Gasteiger partial charge in [0.25, 0.3) is 0 Å². The van der Waals surface area contributed by atoms with Gasteiger partial charge in [0.2, 0.25) is 5.91 Å². The Morgan fingerprint density at radius 3 is 2.87 bits per heavy atom. The standard InChI is InChI=1S/C11H22N2O2/c1-4-15-8-10-7-13(6-9(10)2)11(14)5-12-3/h9-10,12H,4-8H2,1-3H3/t9-,10+/m1/s1. The van der Waals surface area contributed by atoms with E-state index in [4.69, 9.17) is 4.74 Å². The van der Waals surface area contributed by atoms with Gasteiger partial charge in [0.05, 0.1) is 13.2 Å². The molecule has 1 fully saturated rings. The van der Waals surface area contributed by atoms with Crippen molar-refractivity contribution in [1.82, 2.24) is 10.2 Å². The lowest BCUT2D eigenvalue weighted by Gasteiger charge is -2.16. The van der Waals surface area contributed by atoms with E-state index in [9.17, 15) is 4.79 Å². The predicted molar refractivity (Wildman–Crippen MR) is 59.7 cm³/mol. The zero-order valence-electron chi connectivity index (χ0n) is 9.95. The first-order valence-electron chi connectivity index (χ1n) is 5.69. The molecule has 1 heterocycles. The third-order valence-corrected chi connectivity index (χ3v) is 2.98. The number of nitrogens with zero attached hydrogens (tertiary/aromatic N) is 1. The van der Waals surface area contributed by atoms with Gasteiger partial charge in [0.1, 0.15) is 0 Å². The maximum atomic E-state index is 11.6. The Labute approximate surface area is 92.0 Å². The maximum Gasteiger partial charge on any atom is 0.236 e. The summed E-state index contributed by atoms with van der Waals surface area (Å²) in [5, 5.41) is 2.89. The molecule has 0 radical (unpaired) electrons. The van der Waals surface area contributed by atoms with E-state index in [1.807, 2.05) is 11.8 Å². The van der Waals surface area contributed by atoms with Crippen molar-refractivity contribution >= 4 is 5.91 Å². The maximum absolute atomic E-state index is 11.6. The summed E-state index contributed by atoms with van der Waals surface area (Å²) in [4.78, 5) is 13.6. The average molecular weight is 214 g/mol. The van der Waals surface area contributed by atoms with Crippen molar-refractivity contribution in [3.05, 3.63) is 0 Å². The summed E-state index contributed by atoms with van der Waals surface area (Å²) in [5.41, 5.74) is 0. The molecule has 0 bridgehead atoms. The van der Waals surface area contributed by atoms with Gasteiger partial charge in [0.15, 0.2) is 0 Å². The topological polar surface area (TPSA) is 41.6 Å². The summed E-state index contributed by atoms with van der Waals surface area (Å²) in [6, 6.07) is 0. The smallest absolute Gasteiger partial charge is 0.236 e. The SMILES string of the molecule is CCOC[C@@H]1CN(C(=O)CNC)C[C@H]1C. The molecule has 0 saturated carbocycles. The number of amides is 1. The minimum absolute atomic E-state index is 0.198. The van der Waals surface area contributed by atoms with E-state index in [0.717, 1.165) is 26.3 Å². The normalized spacial score (nSPS) is 25.9. The second kappa shape index (κ2) is 6.08. The average Bonchev–Trinajstić information content (AvgIpc) is 2.57. The zero-order chi connectivity index (χ0) is 11.3. The van der Waals surface area contributed by atoms with Crippen molar-refractivity contribution in [3.8, 4) is 0 Å². The van der Waals surface area contributed by atoms with E-state index in [-0.39, 0.29) is 5.91 Å². The van der Waals surface area contributed by atoms with Crippen LogP contribution in [0.15, 0.2) is 0 Å². The summed E-state index contributed by atoms with van der Waals surface area (Å²) in [6.45, 7) is 7.89. The molecule has 15 heavy (non-hydrogen) atoms. The fourth-order valence-electron chi connectivity index (χ4n) is 1.99. The molecule has 4 nitrogen and oxygen atoms in total. The number of likely N-dealkylation sites (tertiary alicyclic amines) is 1. The molecule has 1 saturated heterocycles. The van der Waals surface area contributed by atoms with Crippen LogP contribution in [0.3, 0.4) is 0 Å². The fourth-order valence-corrected chi connectivity index (χ4v) is 1.99. The number of carbonyl (C=O) groups excluding carboxylic acids is 1. The van der Waals surface area contributed by atoms with E-state index in [1.54, 1.807) is 7.05 Å². The van der Waals surface area contributed by atoms with Gasteiger partial charge < -0.3 is 15.0 Å². The number of ether oxygens (including phenoxy) is 1. The van der Waals surface area contributed by atoms with Gasteiger partial charge in [-0.15, -0.1) is 0 Å². The van der Waals surface area contributed by atoms with Gasteiger partial charge in [-0.3, -0.25) is 4.79 Å². The van der Waals surface area contributed by atoms with Crippen LogP contribution in [-0.2, 0) is 9.53 Å². The van der Waals surface area contributed by atoms with Gasteiger partial charge in [-0.25, -0.2) is 0 Å². The summed E-state index contributed by atoms with van der Waals surface area (Å²) >= 11 is 0. The Kier molecular flexibility index (Phi) is 5.05. The molecule has 1 N–H and O–H groups in total. The highest BCUT2D eigenvalue weighted by molar-refractivity contribution is 5.78. The second-order valence-corrected chi connectivity index (χ2v) is 4.23. The largest absolute Gasteiger partial charge is 0.381 e. The molecule has 1 aliphatic heterocycles. The third kappa shape index (κ3) is 3.47. The van der Waals surface area contributed by atoms with Gasteiger partial charge in [-0.05, 0) is 19.9 Å². The summed E-state index contributed by atoms with van der Waals surface area (Å²) < 4.78 is 5.42. The van der Waals surface area contributed by atoms with Crippen LogP contribution in [-0.4, -0.2) is 50.7 Å². The van der Waals surface area contributed by atoms with E-state index in [1.165, 1.54) is 0 Å². The Bertz CT molecular complexity index is 209. The molecule has 4 heteroatoms. The molecule has 0 aliphatic carbocycles. The summed E-state index contributed by atoms with van der Waals surface area (Å²) in [7, 11) is 1.80. The van der Waals surface area contributed by atoms with Gasteiger partial charge in [0, 0.05) is 25.6 Å². The Hall–Kier alpha value is -0.610. The highest BCUT2D eigenvalue weighted by atomic mass is 16.5. The molecule has 0 aromatic heterocycles. The molecule has 1 aliphatic rings. The predicted octanol–water partition coefficient (Wildman–Crippen LogP) is 0.337. The number of hydrogen-bond donors (Lipinski definition) is 1. The first-order valence-corrected chi connectivity index (χ1v) is 5.69. The van der Waals surface area contributed by atoms with Crippen LogP contribution in [0.5, 0.6) is 0 Å². The molecule has 2 atom stereocenters. The van der Waals surface area contributed by atoms with Crippen LogP contribution in [0.1, 0.15) is 13.8 Å². The Balaban J connectivity index is 2.37. The molecule has 1 rings (SSSR count). The molecular weight excluding hydrogens is 192 g/mol. The number of carbonyl (C=O) groups is 1. The van der Waals surface area contributed by atoms with Crippen molar-refractivity contribution in [3.63, 3.8) is 0 Å². The first-order chi connectivity index (χ1) is 7.19. The molecule has 1 amide bonds. The van der Waals surface area contributed by atoms with Crippen molar-refractivity contribution in [2.45, 2.75) is 13.8 Å². The zero-order valence-corrected chi connectivity index (χ0v) is 9.95. The van der Waals surface area contributed by atoms with Gasteiger partial charge in [-0.1, -0.05) is 6.92 Å². The Morgan fingerprint density at radius 2 is 2.27 bits per heavy atom. The van der Waals surface area contributed by atoms with Crippen LogP contribution in [0.2, 0.25) is 0 Å². The van der Waals surface area contributed by atoms with Crippen molar-refractivity contribution < 1.29 is 9.53 Å². The van der Waals surface area contributed by atoms with Gasteiger partial charge in [-0.2, -0.15) is 0 Å². The number of nitrogens with one attached hydrogen (secondary N) is 1. The molecule has 0 spiro atoms. The lowest BCUT2D eigenvalue weighted by molar-refractivity contribution is -0.129. The van der Waals surface area contributed by atoms with Crippen LogP contribution in [0.4, 0.5) is 0 Å². The minimum Gasteiger partial charge on any atom is -0.381 e. The monoisotopic (exact) mass is 214 g/mol. The van der Waals surface area contributed by atoms with Crippen molar-refractivity contribution in [1.29, 1.82) is 0 Å². The minimum atomic E-state index is 0.198. The lowest BCUT2D eigenvalue weighted by atomic mass is 9.99. The van der Waals surface area contributed by atoms with E-state index in [2.05, 4.69) is 12.2 Å². The molecule has 0 unspecified atom stereocenters. The number of rotatable bonds is 5. The first kappa shape index (κ1) is 12.5. The molecular formula is C11H22N2O2. The highest BCUT2D eigenvalue weighted by Gasteiger charge is 2.31. The molecule has 0 aromatic carbocycles.